The van der Waals surface area contributed by atoms with Crippen molar-refractivity contribution in [1.82, 2.24) is 9.97 Å². The molecule has 0 unspecified atom stereocenters. The predicted octanol–water partition coefficient (Wildman–Crippen LogP) is 4.32. The van der Waals surface area contributed by atoms with E-state index >= 15 is 0 Å². The minimum Gasteiger partial charge on any atom is -0.486 e. The van der Waals surface area contributed by atoms with Gasteiger partial charge in [0.25, 0.3) is 0 Å². The Morgan fingerprint density at radius 3 is 2.57 bits per heavy atom. The molecule has 0 saturated carbocycles. The van der Waals surface area contributed by atoms with Crippen LogP contribution >= 0.6 is 0 Å². The molecule has 3 nitrogen and oxygen atoms in total. The van der Waals surface area contributed by atoms with Crippen LogP contribution in [0.5, 0.6) is 5.75 Å². The topological polar surface area (TPSA) is 37.9 Å². The van der Waals surface area contributed by atoms with Crippen LogP contribution in [0.1, 0.15) is 29.4 Å². The molecule has 0 saturated heterocycles. The molecule has 0 atom stereocenters. The molecule has 3 rings (SSSR count). The van der Waals surface area contributed by atoms with Crippen molar-refractivity contribution in [2.75, 3.05) is 0 Å². The lowest BCUT2D eigenvalue weighted by Gasteiger charge is -2.04. The van der Waals surface area contributed by atoms with Crippen LogP contribution in [0.2, 0.25) is 0 Å². The first kappa shape index (κ1) is 13.7. The molecule has 0 aliphatic heterocycles. The van der Waals surface area contributed by atoms with Gasteiger partial charge in [0.2, 0.25) is 0 Å². The van der Waals surface area contributed by atoms with Crippen molar-refractivity contribution in [3.05, 3.63) is 58.9 Å². The van der Waals surface area contributed by atoms with Gasteiger partial charge in [0.1, 0.15) is 18.2 Å². The molecule has 0 fully saturated rings. The number of benzene rings is 2. The lowest BCUT2D eigenvalue weighted by Crippen LogP contribution is -1.97. The maximum Gasteiger partial charge on any atom is 0.146 e. The molecule has 0 amide bonds. The molecule has 0 spiro atoms. The third-order valence-corrected chi connectivity index (χ3v) is 3.68. The second-order valence-corrected chi connectivity index (χ2v) is 5.45. The number of hydrogen-bond acceptors (Lipinski definition) is 2. The second kappa shape index (κ2) is 5.60. The van der Waals surface area contributed by atoms with E-state index in [0.717, 1.165) is 29.0 Å². The smallest absolute Gasteiger partial charge is 0.146 e. The molecular weight excluding hydrogens is 260 g/mol. The number of H-pyrrole nitrogens is 1. The predicted molar refractivity (Wildman–Crippen MR) is 85.7 cm³/mol. The number of ether oxygens (including phenoxy) is 1. The van der Waals surface area contributed by atoms with Crippen LogP contribution < -0.4 is 4.74 Å². The highest BCUT2D eigenvalue weighted by Crippen LogP contribution is 2.19. The Morgan fingerprint density at radius 2 is 1.86 bits per heavy atom. The molecular formula is C18H20N2O. The van der Waals surface area contributed by atoms with Crippen molar-refractivity contribution in [3.63, 3.8) is 0 Å². The van der Waals surface area contributed by atoms with Gasteiger partial charge < -0.3 is 9.72 Å². The SMILES string of the molecule is CCc1ccc(OCc2nc3c(C)cc(C)cc3[nH]2)cc1. The summed E-state index contributed by atoms with van der Waals surface area (Å²) in [5, 5.41) is 0. The highest BCUT2D eigenvalue weighted by Gasteiger charge is 2.06. The molecule has 2 aromatic carbocycles. The fourth-order valence-electron chi connectivity index (χ4n) is 2.56. The van der Waals surface area contributed by atoms with Gasteiger partial charge in [-0.15, -0.1) is 0 Å². The average Bonchev–Trinajstić information content (AvgIpc) is 2.89. The van der Waals surface area contributed by atoms with E-state index in [9.17, 15) is 0 Å². The van der Waals surface area contributed by atoms with Gasteiger partial charge in [-0.05, 0) is 55.2 Å². The molecule has 3 aromatic rings. The first-order valence-electron chi connectivity index (χ1n) is 7.33. The lowest BCUT2D eigenvalue weighted by molar-refractivity contribution is 0.297. The summed E-state index contributed by atoms with van der Waals surface area (Å²) in [5.41, 5.74) is 5.86. The molecule has 0 radical (unpaired) electrons. The third-order valence-electron chi connectivity index (χ3n) is 3.68. The van der Waals surface area contributed by atoms with Gasteiger partial charge in [-0.1, -0.05) is 25.1 Å². The van der Waals surface area contributed by atoms with Gasteiger partial charge in [-0.3, -0.25) is 0 Å². The molecule has 1 aromatic heterocycles. The summed E-state index contributed by atoms with van der Waals surface area (Å²) in [5.74, 6) is 1.74. The van der Waals surface area contributed by atoms with E-state index in [-0.39, 0.29) is 0 Å². The van der Waals surface area contributed by atoms with Crippen molar-refractivity contribution in [3.8, 4) is 5.75 Å². The molecule has 0 aliphatic carbocycles. The van der Waals surface area contributed by atoms with Crippen LogP contribution in [0.25, 0.3) is 11.0 Å². The maximum absolute atomic E-state index is 5.80. The summed E-state index contributed by atoms with van der Waals surface area (Å²) in [6, 6.07) is 12.5. The normalized spacial score (nSPS) is 11.0. The van der Waals surface area contributed by atoms with Crippen molar-refractivity contribution < 1.29 is 4.74 Å². The minimum absolute atomic E-state index is 0.457. The van der Waals surface area contributed by atoms with Crippen LogP contribution in [0.4, 0.5) is 0 Å². The van der Waals surface area contributed by atoms with E-state index in [1.54, 1.807) is 0 Å². The fraction of sp³-hybridized carbons (Fsp3) is 0.278. The number of aryl methyl sites for hydroxylation is 3. The van der Waals surface area contributed by atoms with Crippen LogP contribution in [0, 0.1) is 13.8 Å². The summed E-state index contributed by atoms with van der Waals surface area (Å²) in [7, 11) is 0. The van der Waals surface area contributed by atoms with Gasteiger partial charge in [-0.25, -0.2) is 4.98 Å². The van der Waals surface area contributed by atoms with Gasteiger partial charge in [0.05, 0.1) is 11.0 Å². The number of aromatic amines is 1. The number of fused-ring (bicyclic) bond motifs is 1. The van der Waals surface area contributed by atoms with Crippen molar-refractivity contribution in [1.29, 1.82) is 0 Å². The van der Waals surface area contributed by atoms with E-state index in [1.165, 1.54) is 16.7 Å². The molecule has 108 valence electrons. The number of nitrogens with one attached hydrogen (secondary N) is 1. The van der Waals surface area contributed by atoms with Crippen LogP contribution in [-0.2, 0) is 13.0 Å². The fourth-order valence-corrected chi connectivity index (χ4v) is 2.56. The number of imidazole rings is 1. The van der Waals surface area contributed by atoms with Gasteiger partial charge in [-0.2, -0.15) is 0 Å². The number of aromatic nitrogens is 2. The number of nitrogens with zero attached hydrogens (tertiary/aromatic N) is 1. The first-order valence-corrected chi connectivity index (χ1v) is 7.33. The summed E-state index contributed by atoms with van der Waals surface area (Å²) >= 11 is 0. The summed E-state index contributed by atoms with van der Waals surface area (Å²) in [6.45, 7) is 6.79. The largest absolute Gasteiger partial charge is 0.486 e. The Labute approximate surface area is 125 Å². The average molecular weight is 280 g/mol. The first-order chi connectivity index (χ1) is 10.2. The minimum atomic E-state index is 0.457. The molecule has 1 N–H and O–H groups in total. The highest BCUT2D eigenvalue weighted by molar-refractivity contribution is 5.79. The molecule has 21 heavy (non-hydrogen) atoms. The van der Waals surface area contributed by atoms with Gasteiger partial charge in [0.15, 0.2) is 0 Å². The molecule has 1 heterocycles. The Balaban J connectivity index is 1.77. The number of rotatable bonds is 4. The van der Waals surface area contributed by atoms with Crippen LogP contribution in [-0.4, -0.2) is 9.97 Å². The summed E-state index contributed by atoms with van der Waals surface area (Å²) < 4.78 is 5.80. The Hall–Kier alpha value is -2.29. The van der Waals surface area contributed by atoms with E-state index in [1.807, 2.05) is 12.1 Å². The molecule has 3 heteroatoms. The van der Waals surface area contributed by atoms with Gasteiger partial charge >= 0.3 is 0 Å². The zero-order chi connectivity index (χ0) is 14.8. The van der Waals surface area contributed by atoms with E-state index in [2.05, 4.69) is 55.0 Å². The molecule has 0 aliphatic rings. The van der Waals surface area contributed by atoms with E-state index < -0.39 is 0 Å². The highest BCUT2D eigenvalue weighted by atomic mass is 16.5. The second-order valence-electron chi connectivity index (χ2n) is 5.45. The summed E-state index contributed by atoms with van der Waals surface area (Å²) in [4.78, 5) is 7.96. The van der Waals surface area contributed by atoms with Gasteiger partial charge in [0, 0.05) is 0 Å². The third kappa shape index (κ3) is 2.92. The van der Waals surface area contributed by atoms with Crippen LogP contribution in [0.3, 0.4) is 0 Å². The zero-order valence-corrected chi connectivity index (χ0v) is 12.7. The maximum atomic E-state index is 5.80. The van der Waals surface area contributed by atoms with Crippen molar-refractivity contribution >= 4 is 11.0 Å². The molecule has 0 bridgehead atoms. The monoisotopic (exact) mass is 280 g/mol. The van der Waals surface area contributed by atoms with E-state index in [4.69, 9.17) is 4.74 Å². The lowest BCUT2D eigenvalue weighted by atomic mass is 10.1. The van der Waals surface area contributed by atoms with Crippen LogP contribution in [0.15, 0.2) is 36.4 Å². The standard InChI is InChI=1S/C18H20N2O/c1-4-14-5-7-15(8-6-14)21-11-17-19-16-10-12(2)9-13(3)18(16)20-17/h5-10H,4,11H2,1-3H3,(H,19,20). The quantitative estimate of drug-likeness (QED) is 0.772. The van der Waals surface area contributed by atoms with Crippen molar-refractivity contribution in [2.24, 2.45) is 0 Å². The Bertz CT molecular complexity index is 757. The Kier molecular flexibility index (Phi) is 3.65. The van der Waals surface area contributed by atoms with Crippen molar-refractivity contribution in [2.45, 2.75) is 33.8 Å². The van der Waals surface area contributed by atoms with E-state index in [0.29, 0.717) is 6.61 Å². The number of hydrogen-bond donors (Lipinski definition) is 1. The zero-order valence-electron chi connectivity index (χ0n) is 12.7. The summed E-state index contributed by atoms with van der Waals surface area (Å²) in [6.07, 6.45) is 1.04. The Morgan fingerprint density at radius 1 is 1.10 bits per heavy atom.